The SMILES string of the molecule is OC(CC1C=Cc2cn3nncc3c2=C1)c1ccncc1. The molecule has 4 rings (SSSR count). The average molecular weight is 278 g/mol. The lowest BCUT2D eigenvalue weighted by Crippen LogP contribution is -2.12. The number of aliphatic hydroxyl groups excluding tert-OH is 1. The molecule has 0 bridgehead atoms. The third kappa shape index (κ3) is 2.11. The van der Waals surface area contributed by atoms with Gasteiger partial charge in [0.15, 0.2) is 0 Å². The Labute approximate surface area is 121 Å². The third-order valence-corrected chi connectivity index (χ3v) is 3.91. The Balaban J connectivity index is 1.64. The third-order valence-electron chi connectivity index (χ3n) is 3.91. The summed E-state index contributed by atoms with van der Waals surface area (Å²) < 4.78 is 1.78. The van der Waals surface area contributed by atoms with Gasteiger partial charge >= 0.3 is 0 Å². The highest BCUT2D eigenvalue weighted by Crippen LogP contribution is 2.25. The fraction of sp³-hybridized carbons (Fsp3) is 0.188. The molecule has 0 saturated carbocycles. The van der Waals surface area contributed by atoms with Gasteiger partial charge in [0.05, 0.1) is 17.8 Å². The van der Waals surface area contributed by atoms with Crippen LogP contribution in [0.2, 0.25) is 0 Å². The first kappa shape index (κ1) is 12.2. The number of fused-ring (bicyclic) bond motifs is 3. The van der Waals surface area contributed by atoms with Crippen molar-refractivity contribution in [3.05, 3.63) is 59.3 Å². The van der Waals surface area contributed by atoms with E-state index in [4.69, 9.17) is 0 Å². The maximum absolute atomic E-state index is 10.3. The molecule has 5 nitrogen and oxygen atoms in total. The maximum Gasteiger partial charge on any atom is 0.0941 e. The summed E-state index contributed by atoms with van der Waals surface area (Å²) in [5.41, 5.74) is 3.06. The number of rotatable bonds is 3. The number of hydrogen-bond acceptors (Lipinski definition) is 4. The summed E-state index contributed by atoms with van der Waals surface area (Å²) in [6.45, 7) is 0. The van der Waals surface area contributed by atoms with Gasteiger partial charge in [-0.3, -0.25) is 4.98 Å². The molecule has 5 heteroatoms. The highest BCUT2D eigenvalue weighted by atomic mass is 16.3. The van der Waals surface area contributed by atoms with Crippen LogP contribution in [0.5, 0.6) is 0 Å². The summed E-state index contributed by atoms with van der Waals surface area (Å²) in [6, 6.07) is 3.70. The second-order valence-electron chi connectivity index (χ2n) is 5.28. The molecular formula is C16H14N4O. The smallest absolute Gasteiger partial charge is 0.0941 e. The Morgan fingerprint density at radius 1 is 1.29 bits per heavy atom. The molecule has 2 unspecified atom stereocenters. The Hall–Kier alpha value is -2.53. The van der Waals surface area contributed by atoms with Gasteiger partial charge in [-0.2, -0.15) is 0 Å². The lowest BCUT2D eigenvalue weighted by Gasteiger charge is -2.16. The van der Waals surface area contributed by atoms with Gasteiger partial charge in [0, 0.05) is 29.4 Å². The zero-order valence-electron chi connectivity index (χ0n) is 11.3. The molecule has 3 aromatic heterocycles. The van der Waals surface area contributed by atoms with Crippen LogP contribution < -0.4 is 5.22 Å². The van der Waals surface area contributed by atoms with Crippen molar-refractivity contribution in [2.75, 3.05) is 0 Å². The van der Waals surface area contributed by atoms with Crippen molar-refractivity contribution in [1.82, 2.24) is 19.8 Å². The van der Waals surface area contributed by atoms with Gasteiger partial charge in [0.1, 0.15) is 0 Å². The molecule has 0 aliphatic heterocycles. The van der Waals surface area contributed by atoms with Gasteiger partial charge in [0.2, 0.25) is 0 Å². The van der Waals surface area contributed by atoms with Crippen molar-refractivity contribution >= 4 is 17.7 Å². The van der Waals surface area contributed by atoms with Crippen LogP contribution in [0.4, 0.5) is 0 Å². The molecule has 0 spiro atoms. The first-order valence-corrected chi connectivity index (χ1v) is 6.92. The van der Waals surface area contributed by atoms with Crippen molar-refractivity contribution in [3.8, 4) is 0 Å². The van der Waals surface area contributed by atoms with Crippen LogP contribution in [-0.4, -0.2) is 24.9 Å². The number of aromatic nitrogens is 4. The van der Waals surface area contributed by atoms with Gasteiger partial charge in [-0.05, 0) is 30.0 Å². The molecule has 1 N–H and O–H groups in total. The standard InChI is InChI=1S/C16H14N4O/c21-16(12-3-5-17-6-4-12)8-11-1-2-13-10-20-15(9-18-19-20)14(13)7-11/h1-7,9-11,16,21H,8H2. The van der Waals surface area contributed by atoms with Gasteiger partial charge in [0.25, 0.3) is 0 Å². The first-order chi connectivity index (χ1) is 10.3. The van der Waals surface area contributed by atoms with Crippen LogP contribution in [0.3, 0.4) is 0 Å². The fourth-order valence-corrected chi connectivity index (χ4v) is 2.82. The van der Waals surface area contributed by atoms with Gasteiger partial charge < -0.3 is 5.11 Å². The minimum atomic E-state index is -0.491. The first-order valence-electron chi connectivity index (χ1n) is 6.92. The van der Waals surface area contributed by atoms with Crippen LogP contribution in [0.15, 0.2) is 43.0 Å². The molecule has 3 aromatic rings. The zero-order valence-corrected chi connectivity index (χ0v) is 11.3. The highest BCUT2D eigenvalue weighted by molar-refractivity contribution is 5.67. The molecular weight excluding hydrogens is 264 g/mol. The monoisotopic (exact) mass is 278 g/mol. The van der Waals surface area contributed by atoms with Crippen LogP contribution in [0, 0.1) is 5.92 Å². The summed E-state index contributed by atoms with van der Waals surface area (Å²) >= 11 is 0. The zero-order chi connectivity index (χ0) is 14.2. The van der Waals surface area contributed by atoms with E-state index in [1.165, 1.54) is 0 Å². The van der Waals surface area contributed by atoms with E-state index in [0.29, 0.717) is 6.42 Å². The molecule has 0 aromatic carbocycles. The van der Waals surface area contributed by atoms with Gasteiger partial charge in [-0.1, -0.05) is 23.4 Å². The van der Waals surface area contributed by atoms with Crippen molar-refractivity contribution in [2.24, 2.45) is 5.92 Å². The number of aliphatic hydroxyl groups is 1. The largest absolute Gasteiger partial charge is 0.388 e. The average Bonchev–Trinajstić information content (AvgIpc) is 3.09. The number of nitrogens with zero attached hydrogens (tertiary/aromatic N) is 4. The maximum atomic E-state index is 10.3. The summed E-state index contributed by atoms with van der Waals surface area (Å²) in [4.78, 5) is 3.98. The molecule has 2 atom stereocenters. The van der Waals surface area contributed by atoms with Crippen LogP contribution in [0.1, 0.15) is 23.7 Å². The highest BCUT2D eigenvalue weighted by Gasteiger charge is 2.16. The molecule has 104 valence electrons. The minimum Gasteiger partial charge on any atom is -0.388 e. The molecule has 0 amide bonds. The molecule has 3 heterocycles. The molecule has 0 saturated heterocycles. The predicted molar refractivity (Wildman–Crippen MR) is 79.0 cm³/mol. The van der Waals surface area contributed by atoms with E-state index < -0.39 is 6.10 Å². The Morgan fingerprint density at radius 2 is 2.14 bits per heavy atom. The summed E-state index contributed by atoms with van der Waals surface area (Å²) in [5, 5.41) is 19.4. The van der Waals surface area contributed by atoms with Crippen molar-refractivity contribution in [1.29, 1.82) is 0 Å². The Kier molecular flexibility index (Phi) is 2.79. The summed E-state index contributed by atoms with van der Waals surface area (Å²) in [5.74, 6) is 0.196. The van der Waals surface area contributed by atoms with E-state index in [2.05, 4.69) is 33.5 Å². The van der Waals surface area contributed by atoms with E-state index in [1.54, 1.807) is 23.1 Å². The molecule has 1 aliphatic rings. The van der Waals surface area contributed by atoms with Gasteiger partial charge in [-0.15, -0.1) is 5.10 Å². The number of pyridine rings is 1. The molecule has 1 aliphatic carbocycles. The number of allylic oxidation sites excluding steroid dienone is 1. The molecule has 0 radical (unpaired) electrons. The Morgan fingerprint density at radius 3 is 3.00 bits per heavy atom. The van der Waals surface area contributed by atoms with Crippen molar-refractivity contribution in [3.63, 3.8) is 0 Å². The lowest BCUT2D eigenvalue weighted by atomic mass is 9.92. The molecule has 21 heavy (non-hydrogen) atoms. The van der Waals surface area contributed by atoms with E-state index >= 15 is 0 Å². The second kappa shape index (κ2) is 4.79. The predicted octanol–water partition coefficient (Wildman–Crippen LogP) is 1.39. The normalized spacial score (nSPS) is 18.4. The lowest BCUT2D eigenvalue weighted by molar-refractivity contribution is 0.161. The topological polar surface area (TPSA) is 63.3 Å². The van der Waals surface area contributed by atoms with E-state index in [-0.39, 0.29) is 5.92 Å². The number of hydrogen-bond donors (Lipinski definition) is 1. The van der Waals surface area contributed by atoms with Crippen LogP contribution in [-0.2, 0) is 0 Å². The Bertz CT molecular complexity index is 853. The summed E-state index contributed by atoms with van der Waals surface area (Å²) in [7, 11) is 0. The van der Waals surface area contributed by atoms with Gasteiger partial charge in [-0.25, -0.2) is 4.52 Å². The van der Waals surface area contributed by atoms with Crippen LogP contribution >= 0.6 is 0 Å². The minimum absolute atomic E-state index is 0.196. The van der Waals surface area contributed by atoms with Crippen LogP contribution in [0.25, 0.3) is 17.7 Å². The van der Waals surface area contributed by atoms with E-state index in [9.17, 15) is 5.11 Å². The van der Waals surface area contributed by atoms with E-state index in [0.717, 1.165) is 21.9 Å². The molecule has 0 fully saturated rings. The van der Waals surface area contributed by atoms with Crippen molar-refractivity contribution < 1.29 is 5.11 Å². The quantitative estimate of drug-likeness (QED) is 0.786. The van der Waals surface area contributed by atoms with E-state index in [1.807, 2.05) is 18.3 Å². The fourth-order valence-electron chi connectivity index (χ4n) is 2.82. The van der Waals surface area contributed by atoms with Crippen molar-refractivity contribution in [2.45, 2.75) is 12.5 Å². The second-order valence-corrected chi connectivity index (χ2v) is 5.28. The summed E-state index contributed by atoms with van der Waals surface area (Å²) in [6.07, 6.45) is 13.7.